The molecule has 1 nitrogen and oxygen atoms in total. The molecule has 0 atom stereocenters. The molecule has 0 aromatic heterocycles. The predicted molar refractivity (Wildman–Crippen MR) is 82.1 cm³/mol. The molecule has 0 N–H and O–H groups in total. The average molecular weight is 263 g/mol. The van der Waals surface area contributed by atoms with Gasteiger partial charge in [0.15, 0.2) is 0 Å². The summed E-state index contributed by atoms with van der Waals surface area (Å²) in [4.78, 5) is 6.90. The van der Waals surface area contributed by atoms with E-state index in [2.05, 4.69) is 30.5 Å². The van der Waals surface area contributed by atoms with Crippen molar-refractivity contribution in [3.8, 4) is 0 Å². The molecule has 0 unspecified atom stereocenters. The Kier molecular flexibility index (Phi) is 3.37. The van der Waals surface area contributed by atoms with Crippen molar-refractivity contribution in [2.45, 2.75) is 0 Å². The zero-order chi connectivity index (χ0) is 13.1. The highest BCUT2D eigenvalue weighted by molar-refractivity contribution is 8.07. The van der Waals surface area contributed by atoms with Gasteiger partial charge in [-0.15, -0.1) is 5.73 Å². The molecule has 0 fully saturated rings. The van der Waals surface area contributed by atoms with Gasteiger partial charge < -0.3 is 0 Å². The third kappa shape index (κ3) is 2.70. The van der Waals surface area contributed by atoms with Crippen LogP contribution in [0.25, 0.3) is 6.08 Å². The van der Waals surface area contributed by atoms with E-state index in [0.717, 1.165) is 15.5 Å². The Hall–Kier alpha value is -2.02. The molecule has 92 valence electrons. The summed E-state index contributed by atoms with van der Waals surface area (Å²) in [6.07, 6.45) is 10.1. The summed E-state index contributed by atoms with van der Waals surface area (Å²) in [5.41, 5.74) is 4.35. The second-order valence-electron chi connectivity index (χ2n) is 4.31. The summed E-state index contributed by atoms with van der Waals surface area (Å²) in [6.45, 7) is 4.81. The smallest absolute Gasteiger partial charge is 0.0658 e. The summed E-state index contributed by atoms with van der Waals surface area (Å²) in [6, 6.07) is 8.17. The molecule has 1 aliphatic heterocycles. The maximum atomic E-state index is 4.71. The lowest BCUT2D eigenvalue weighted by atomic mass is 10.2. The molecule has 0 bridgehead atoms. The Bertz CT molecular complexity index is 772. The van der Waals surface area contributed by atoms with Gasteiger partial charge in [-0.1, -0.05) is 48.7 Å². The second kappa shape index (κ2) is 5.31. The number of thioether (sulfide) groups is 1. The molecule has 1 heterocycles. The SMILES string of the molecule is C=C1/C=c2/cccc/c2=N/CC2=C(C=C=CC=C2)S1. The monoisotopic (exact) mass is 263 g/mol. The van der Waals surface area contributed by atoms with Crippen molar-refractivity contribution in [2.24, 2.45) is 4.99 Å². The van der Waals surface area contributed by atoms with Crippen LogP contribution in [-0.2, 0) is 0 Å². The van der Waals surface area contributed by atoms with Crippen molar-refractivity contribution in [1.29, 1.82) is 0 Å². The van der Waals surface area contributed by atoms with Gasteiger partial charge in [0.05, 0.1) is 11.9 Å². The zero-order valence-corrected chi connectivity index (χ0v) is 11.3. The number of hydrogen-bond acceptors (Lipinski definition) is 2. The lowest BCUT2D eigenvalue weighted by Crippen LogP contribution is -2.24. The molecule has 0 amide bonds. The Balaban J connectivity index is 2.18. The van der Waals surface area contributed by atoms with Crippen LogP contribution in [0.1, 0.15) is 0 Å². The lowest BCUT2D eigenvalue weighted by Gasteiger charge is -2.04. The molecule has 0 radical (unpaired) electrons. The fourth-order valence-electron chi connectivity index (χ4n) is 2.01. The van der Waals surface area contributed by atoms with Gasteiger partial charge in [-0.3, -0.25) is 4.99 Å². The van der Waals surface area contributed by atoms with Crippen LogP contribution >= 0.6 is 11.8 Å². The Labute approximate surface area is 116 Å². The van der Waals surface area contributed by atoms with Gasteiger partial charge in [-0.2, -0.15) is 0 Å². The Morgan fingerprint density at radius 2 is 2.16 bits per heavy atom. The molecule has 0 saturated heterocycles. The van der Waals surface area contributed by atoms with E-state index in [0.29, 0.717) is 6.54 Å². The molecule has 0 saturated carbocycles. The third-order valence-corrected chi connectivity index (χ3v) is 3.91. The highest BCUT2D eigenvalue weighted by atomic mass is 32.2. The summed E-state index contributed by atoms with van der Waals surface area (Å²) in [7, 11) is 0. The van der Waals surface area contributed by atoms with E-state index in [1.165, 1.54) is 10.5 Å². The molecule has 2 heteroatoms. The molecule has 1 aliphatic carbocycles. The number of fused-ring (bicyclic) bond motifs is 1. The maximum Gasteiger partial charge on any atom is 0.0658 e. The largest absolute Gasteiger partial charge is 0.280 e. The van der Waals surface area contributed by atoms with Gasteiger partial charge in [-0.25, -0.2) is 0 Å². The normalized spacial score (nSPS) is 20.9. The van der Waals surface area contributed by atoms with Gasteiger partial charge in [-0.05, 0) is 29.9 Å². The highest BCUT2D eigenvalue weighted by Crippen LogP contribution is 2.30. The number of rotatable bonds is 0. The second-order valence-corrected chi connectivity index (χ2v) is 5.48. The number of nitrogens with zero attached hydrogens (tertiary/aromatic N) is 1. The predicted octanol–water partition coefficient (Wildman–Crippen LogP) is 2.88. The standard InChI is InChI=1S/C17H13NS/c1-13-11-14-7-5-6-9-16(14)18-12-15-8-3-2-4-10-17(15)19-13/h2-3,5-11H,1,12H2/b14-11-,18-16-. The first-order chi connectivity index (χ1) is 9.33. The van der Waals surface area contributed by atoms with E-state index < -0.39 is 0 Å². The number of hydrogen-bond donors (Lipinski definition) is 0. The topological polar surface area (TPSA) is 12.4 Å². The quantitative estimate of drug-likeness (QED) is 0.656. The van der Waals surface area contributed by atoms with Gasteiger partial charge in [0.25, 0.3) is 0 Å². The molecule has 1 aromatic rings. The van der Waals surface area contributed by atoms with Crippen molar-refractivity contribution in [2.75, 3.05) is 6.54 Å². The van der Waals surface area contributed by atoms with E-state index in [9.17, 15) is 0 Å². The highest BCUT2D eigenvalue weighted by Gasteiger charge is 2.06. The first kappa shape index (κ1) is 12.0. The van der Waals surface area contributed by atoms with Gasteiger partial charge >= 0.3 is 0 Å². The molecule has 19 heavy (non-hydrogen) atoms. The molecule has 3 rings (SSSR count). The number of allylic oxidation sites excluding steroid dienone is 3. The fraction of sp³-hybridized carbons (Fsp3) is 0.0588. The molecule has 0 spiro atoms. The number of para-hydroxylation sites is 1. The Morgan fingerprint density at radius 1 is 1.26 bits per heavy atom. The lowest BCUT2D eigenvalue weighted by molar-refractivity contribution is 1.09. The van der Waals surface area contributed by atoms with Crippen molar-refractivity contribution >= 4 is 17.8 Å². The van der Waals surface area contributed by atoms with Crippen LogP contribution in [0.4, 0.5) is 0 Å². The average Bonchev–Trinajstić information content (AvgIpc) is 2.59. The maximum absolute atomic E-state index is 4.71. The van der Waals surface area contributed by atoms with Crippen LogP contribution in [0.15, 0.2) is 81.3 Å². The first-order valence-corrected chi connectivity index (χ1v) is 6.95. The first-order valence-electron chi connectivity index (χ1n) is 6.13. The van der Waals surface area contributed by atoms with Crippen molar-refractivity contribution in [3.05, 3.63) is 86.8 Å². The Morgan fingerprint density at radius 3 is 3.11 bits per heavy atom. The number of benzene rings is 1. The van der Waals surface area contributed by atoms with Crippen LogP contribution in [0, 0.1) is 0 Å². The zero-order valence-electron chi connectivity index (χ0n) is 10.5. The van der Waals surface area contributed by atoms with Gasteiger partial charge in [0, 0.05) is 15.0 Å². The van der Waals surface area contributed by atoms with Crippen LogP contribution < -0.4 is 10.6 Å². The summed E-state index contributed by atoms with van der Waals surface area (Å²) in [5, 5.41) is 2.15. The van der Waals surface area contributed by atoms with Gasteiger partial charge in [0.2, 0.25) is 0 Å². The van der Waals surface area contributed by atoms with Crippen molar-refractivity contribution in [3.63, 3.8) is 0 Å². The molecular weight excluding hydrogens is 250 g/mol. The minimum absolute atomic E-state index is 0.684. The molecular formula is C17H13NS. The summed E-state index contributed by atoms with van der Waals surface area (Å²) < 4.78 is 0. The van der Waals surface area contributed by atoms with E-state index in [-0.39, 0.29) is 0 Å². The minimum atomic E-state index is 0.684. The van der Waals surface area contributed by atoms with Crippen molar-refractivity contribution < 1.29 is 0 Å². The van der Waals surface area contributed by atoms with Crippen LogP contribution in [-0.4, -0.2) is 6.54 Å². The third-order valence-electron chi connectivity index (χ3n) is 2.93. The van der Waals surface area contributed by atoms with E-state index >= 15 is 0 Å². The molecule has 2 aliphatic rings. The summed E-state index contributed by atoms with van der Waals surface area (Å²) in [5.74, 6) is 0. The van der Waals surface area contributed by atoms with Crippen LogP contribution in [0.3, 0.4) is 0 Å². The summed E-state index contributed by atoms with van der Waals surface area (Å²) >= 11 is 1.68. The molecule has 1 aromatic carbocycles. The van der Waals surface area contributed by atoms with E-state index in [1.54, 1.807) is 11.8 Å². The fourth-order valence-corrected chi connectivity index (χ4v) is 2.87. The van der Waals surface area contributed by atoms with Gasteiger partial charge in [0.1, 0.15) is 0 Å². The van der Waals surface area contributed by atoms with Crippen LogP contribution in [0.5, 0.6) is 0 Å². The van der Waals surface area contributed by atoms with Crippen molar-refractivity contribution in [1.82, 2.24) is 0 Å². The van der Waals surface area contributed by atoms with E-state index in [1.807, 2.05) is 36.4 Å². The minimum Gasteiger partial charge on any atom is -0.280 e. The van der Waals surface area contributed by atoms with E-state index in [4.69, 9.17) is 4.99 Å². The van der Waals surface area contributed by atoms with Crippen LogP contribution in [0.2, 0.25) is 0 Å².